The normalized spacial score (nSPS) is 11.1. The minimum Gasteiger partial charge on any atom is -0.451 e. The van der Waals surface area contributed by atoms with Crippen LogP contribution in [0.25, 0.3) is 27.9 Å². The number of nitrogens with one attached hydrogen (secondary N) is 1. The van der Waals surface area contributed by atoms with Gasteiger partial charge in [0.25, 0.3) is 5.91 Å². The van der Waals surface area contributed by atoms with Gasteiger partial charge in [0.15, 0.2) is 5.76 Å². The van der Waals surface area contributed by atoms with E-state index in [2.05, 4.69) is 10.3 Å². The van der Waals surface area contributed by atoms with Gasteiger partial charge in [0.2, 0.25) is 0 Å². The standard InChI is InChI=1S/C22H15N3O2/c26-22(20-13-16-6-1-2-9-19(16)27-20)23-17-8-5-7-15(12-17)18-14-25-11-4-3-10-21(25)24-18/h1-14H,(H,23,26). The van der Waals surface area contributed by atoms with E-state index in [9.17, 15) is 4.79 Å². The Morgan fingerprint density at radius 2 is 1.85 bits per heavy atom. The van der Waals surface area contributed by atoms with Gasteiger partial charge in [0.05, 0.1) is 5.69 Å². The number of imidazole rings is 1. The number of rotatable bonds is 3. The molecule has 1 amide bonds. The number of anilines is 1. The fraction of sp³-hybridized carbons (Fsp3) is 0. The topological polar surface area (TPSA) is 59.5 Å². The maximum absolute atomic E-state index is 12.5. The first-order valence-electron chi connectivity index (χ1n) is 8.60. The third-order valence-electron chi connectivity index (χ3n) is 4.43. The highest BCUT2D eigenvalue weighted by Crippen LogP contribution is 2.24. The van der Waals surface area contributed by atoms with Gasteiger partial charge in [0, 0.05) is 29.0 Å². The number of pyridine rings is 1. The van der Waals surface area contributed by atoms with Gasteiger partial charge in [-0.3, -0.25) is 4.79 Å². The molecule has 0 aliphatic carbocycles. The summed E-state index contributed by atoms with van der Waals surface area (Å²) in [5.41, 5.74) is 4.04. The Morgan fingerprint density at radius 1 is 0.963 bits per heavy atom. The Kier molecular flexibility index (Phi) is 3.50. The van der Waals surface area contributed by atoms with E-state index < -0.39 is 0 Å². The highest BCUT2D eigenvalue weighted by molar-refractivity contribution is 6.04. The Hall–Kier alpha value is -3.86. The van der Waals surface area contributed by atoms with E-state index in [0.29, 0.717) is 11.3 Å². The molecule has 3 aromatic heterocycles. The second kappa shape index (κ2) is 6.14. The largest absolute Gasteiger partial charge is 0.451 e. The van der Waals surface area contributed by atoms with Crippen molar-refractivity contribution in [3.05, 3.63) is 91.0 Å². The van der Waals surface area contributed by atoms with E-state index in [1.54, 1.807) is 6.07 Å². The third kappa shape index (κ3) is 2.85. The Morgan fingerprint density at radius 3 is 2.74 bits per heavy atom. The van der Waals surface area contributed by atoms with Gasteiger partial charge in [-0.15, -0.1) is 0 Å². The van der Waals surface area contributed by atoms with Gasteiger partial charge in [-0.2, -0.15) is 0 Å². The molecule has 0 saturated heterocycles. The van der Waals surface area contributed by atoms with Gasteiger partial charge >= 0.3 is 0 Å². The van der Waals surface area contributed by atoms with Crippen molar-refractivity contribution in [1.82, 2.24) is 9.38 Å². The number of carbonyl (C=O) groups excluding carboxylic acids is 1. The minimum absolute atomic E-state index is 0.279. The second-order valence-corrected chi connectivity index (χ2v) is 6.28. The van der Waals surface area contributed by atoms with Crippen LogP contribution in [0.15, 0.2) is 89.6 Å². The van der Waals surface area contributed by atoms with Crippen LogP contribution in [0.4, 0.5) is 5.69 Å². The number of benzene rings is 2. The van der Waals surface area contributed by atoms with Gasteiger partial charge < -0.3 is 14.1 Å². The molecule has 0 saturated carbocycles. The average Bonchev–Trinajstić information content (AvgIpc) is 3.32. The number of fused-ring (bicyclic) bond motifs is 2. The number of nitrogens with zero attached hydrogens (tertiary/aromatic N) is 2. The molecule has 0 fully saturated rings. The lowest BCUT2D eigenvalue weighted by Gasteiger charge is -2.05. The lowest BCUT2D eigenvalue weighted by molar-refractivity contribution is 0.0998. The van der Waals surface area contributed by atoms with Crippen LogP contribution in [0.3, 0.4) is 0 Å². The summed E-state index contributed by atoms with van der Waals surface area (Å²) < 4.78 is 7.60. The van der Waals surface area contributed by atoms with Crippen LogP contribution in [0.2, 0.25) is 0 Å². The number of aromatic nitrogens is 2. The molecule has 130 valence electrons. The molecular formula is C22H15N3O2. The molecule has 27 heavy (non-hydrogen) atoms. The van der Waals surface area contributed by atoms with Crippen molar-refractivity contribution in [3.63, 3.8) is 0 Å². The number of hydrogen-bond acceptors (Lipinski definition) is 3. The van der Waals surface area contributed by atoms with Crippen LogP contribution in [-0.2, 0) is 0 Å². The summed E-state index contributed by atoms with van der Waals surface area (Å²) in [6.45, 7) is 0. The first kappa shape index (κ1) is 15.4. The van der Waals surface area contributed by atoms with Gasteiger partial charge in [0.1, 0.15) is 11.2 Å². The maximum atomic E-state index is 12.5. The third-order valence-corrected chi connectivity index (χ3v) is 4.43. The van der Waals surface area contributed by atoms with Crippen molar-refractivity contribution in [2.45, 2.75) is 0 Å². The number of furan rings is 1. The van der Waals surface area contributed by atoms with Crippen LogP contribution < -0.4 is 5.32 Å². The lowest BCUT2D eigenvalue weighted by Crippen LogP contribution is -2.10. The zero-order chi connectivity index (χ0) is 18.2. The van der Waals surface area contributed by atoms with Crippen molar-refractivity contribution < 1.29 is 9.21 Å². The Bertz CT molecular complexity index is 1220. The number of amides is 1. The molecule has 0 aliphatic rings. The Labute approximate surface area is 154 Å². The van der Waals surface area contributed by atoms with Crippen molar-refractivity contribution in [3.8, 4) is 11.3 Å². The Balaban J connectivity index is 1.43. The number of para-hydroxylation sites is 1. The van der Waals surface area contributed by atoms with Crippen LogP contribution in [0.1, 0.15) is 10.6 Å². The molecule has 3 heterocycles. The van der Waals surface area contributed by atoms with E-state index in [0.717, 1.165) is 22.3 Å². The van der Waals surface area contributed by atoms with Crippen LogP contribution in [-0.4, -0.2) is 15.3 Å². The summed E-state index contributed by atoms with van der Waals surface area (Å²) in [6.07, 6.45) is 3.93. The van der Waals surface area contributed by atoms with E-state index in [1.165, 1.54) is 0 Å². The lowest BCUT2D eigenvalue weighted by atomic mass is 10.1. The first-order chi connectivity index (χ1) is 13.3. The molecule has 0 spiro atoms. The first-order valence-corrected chi connectivity index (χ1v) is 8.60. The summed E-state index contributed by atoms with van der Waals surface area (Å²) in [5, 5.41) is 3.80. The summed E-state index contributed by atoms with van der Waals surface area (Å²) in [5.74, 6) is 0.00712. The van der Waals surface area contributed by atoms with E-state index >= 15 is 0 Å². The predicted octanol–water partition coefficient (Wildman–Crippen LogP) is 5.00. The highest BCUT2D eigenvalue weighted by atomic mass is 16.3. The molecule has 0 radical (unpaired) electrons. The SMILES string of the molecule is O=C(Nc1cccc(-c2cn3ccccc3n2)c1)c1cc2ccccc2o1. The monoisotopic (exact) mass is 353 g/mol. The highest BCUT2D eigenvalue weighted by Gasteiger charge is 2.13. The summed E-state index contributed by atoms with van der Waals surface area (Å²) >= 11 is 0. The molecule has 0 unspecified atom stereocenters. The fourth-order valence-corrected chi connectivity index (χ4v) is 3.12. The second-order valence-electron chi connectivity index (χ2n) is 6.28. The molecule has 0 bridgehead atoms. The fourth-order valence-electron chi connectivity index (χ4n) is 3.12. The quantitative estimate of drug-likeness (QED) is 0.496. The van der Waals surface area contributed by atoms with Crippen LogP contribution in [0, 0.1) is 0 Å². The zero-order valence-electron chi connectivity index (χ0n) is 14.3. The molecule has 0 aliphatic heterocycles. The minimum atomic E-state index is -0.279. The van der Waals surface area contributed by atoms with Crippen molar-refractivity contribution in [2.75, 3.05) is 5.32 Å². The number of hydrogen-bond donors (Lipinski definition) is 1. The predicted molar refractivity (Wildman–Crippen MR) is 105 cm³/mol. The van der Waals surface area contributed by atoms with Gasteiger partial charge in [-0.1, -0.05) is 36.4 Å². The molecular weight excluding hydrogens is 338 g/mol. The number of carbonyl (C=O) groups is 1. The molecule has 5 aromatic rings. The molecule has 1 N–H and O–H groups in total. The maximum Gasteiger partial charge on any atom is 0.291 e. The van der Waals surface area contributed by atoms with Crippen LogP contribution >= 0.6 is 0 Å². The van der Waals surface area contributed by atoms with E-state index in [4.69, 9.17) is 4.42 Å². The van der Waals surface area contributed by atoms with Crippen molar-refractivity contribution >= 4 is 28.2 Å². The van der Waals surface area contributed by atoms with Gasteiger partial charge in [-0.25, -0.2) is 4.98 Å². The molecule has 5 heteroatoms. The summed E-state index contributed by atoms with van der Waals surface area (Å²) in [6, 6.07) is 22.8. The van der Waals surface area contributed by atoms with Gasteiger partial charge in [-0.05, 0) is 36.4 Å². The summed E-state index contributed by atoms with van der Waals surface area (Å²) in [4.78, 5) is 17.2. The van der Waals surface area contributed by atoms with Crippen LogP contribution in [0.5, 0.6) is 0 Å². The molecule has 2 aromatic carbocycles. The van der Waals surface area contributed by atoms with Crippen molar-refractivity contribution in [2.24, 2.45) is 0 Å². The van der Waals surface area contributed by atoms with E-state index in [-0.39, 0.29) is 11.7 Å². The molecule has 5 nitrogen and oxygen atoms in total. The average molecular weight is 353 g/mol. The smallest absolute Gasteiger partial charge is 0.291 e. The summed E-state index contributed by atoms with van der Waals surface area (Å²) in [7, 11) is 0. The van der Waals surface area contributed by atoms with Crippen molar-refractivity contribution in [1.29, 1.82) is 0 Å². The van der Waals surface area contributed by atoms with E-state index in [1.807, 2.05) is 83.5 Å². The zero-order valence-corrected chi connectivity index (χ0v) is 14.3. The molecule has 5 rings (SSSR count). The molecule has 0 atom stereocenters.